The first-order valence-corrected chi connectivity index (χ1v) is 12.5. The summed E-state index contributed by atoms with van der Waals surface area (Å²) in [5.74, 6) is -3.91. The van der Waals surface area contributed by atoms with Crippen LogP contribution in [0, 0.1) is 12.7 Å². The maximum absolute atomic E-state index is 15.1. The number of nitrogens with zero attached hydrogens (tertiary/aromatic N) is 1. The Morgan fingerprint density at radius 2 is 1.86 bits per heavy atom. The molecule has 3 aromatic rings. The molecule has 4 rings (SSSR count). The van der Waals surface area contributed by atoms with Gasteiger partial charge in [-0.25, -0.2) is 13.2 Å². The summed E-state index contributed by atoms with van der Waals surface area (Å²) in [6.07, 6.45) is 2.18. The summed E-state index contributed by atoms with van der Waals surface area (Å²) in [7, 11) is 0. The first-order valence-electron chi connectivity index (χ1n) is 12.1. The predicted octanol–water partition coefficient (Wildman–Crippen LogP) is 6.95. The molecule has 1 N–H and O–H groups in total. The van der Waals surface area contributed by atoms with E-state index in [4.69, 9.17) is 21.1 Å². The van der Waals surface area contributed by atoms with Crippen LogP contribution in [0.5, 0.6) is 5.75 Å². The Kier molecular flexibility index (Phi) is 8.09. The van der Waals surface area contributed by atoms with E-state index in [1.165, 1.54) is 43.3 Å². The van der Waals surface area contributed by atoms with E-state index in [1.807, 2.05) is 6.92 Å². The summed E-state index contributed by atoms with van der Waals surface area (Å²) in [4.78, 5) is 17.0. The number of aryl methyl sites for hydroxylation is 1. The predicted molar refractivity (Wildman–Crippen MR) is 136 cm³/mol. The number of benzene rings is 2. The normalized spacial score (nSPS) is 15.3. The van der Waals surface area contributed by atoms with E-state index in [2.05, 4.69) is 10.3 Å². The lowest BCUT2D eigenvalue weighted by atomic mass is 9.87. The van der Waals surface area contributed by atoms with Crippen molar-refractivity contribution < 1.29 is 27.4 Å². The first-order chi connectivity index (χ1) is 17.6. The summed E-state index contributed by atoms with van der Waals surface area (Å²) >= 11 is 6.07. The molecule has 0 spiro atoms. The fourth-order valence-corrected chi connectivity index (χ4v) is 4.65. The molecule has 0 unspecified atom stereocenters. The summed E-state index contributed by atoms with van der Waals surface area (Å²) in [6.45, 7) is 4.18. The van der Waals surface area contributed by atoms with Gasteiger partial charge in [-0.15, -0.1) is 0 Å². The van der Waals surface area contributed by atoms with Gasteiger partial charge >= 0.3 is 0 Å². The van der Waals surface area contributed by atoms with Gasteiger partial charge in [-0.3, -0.25) is 9.78 Å². The SMILES string of the molecule is CCC(F)(F)c1ccc(CC(=O)Nc2ccc(OC3(c4ncc(Cl)cc4C)CCOCC3)c(F)c2)cc1. The molecule has 0 aliphatic carbocycles. The number of amides is 1. The van der Waals surface area contributed by atoms with Crippen LogP contribution in [0.2, 0.25) is 5.02 Å². The fraction of sp³-hybridized carbons (Fsp3) is 0.357. The summed E-state index contributed by atoms with van der Waals surface area (Å²) in [5, 5.41) is 3.15. The Morgan fingerprint density at radius 3 is 2.49 bits per heavy atom. The van der Waals surface area contributed by atoms with Crippen molar-refractivity contribution in [3.63, 3.8) is 0 Å². The lowest BCUT2D eigenvalue weighted by molar-refractivity contribution is -0.115. The van der Waals surface area contributed by atoms with Gasteiger partial charge in [0.05, 0.1) is 30.4 Å². The third-order valence-corrected chi connectivity index (χ3v) is 6.69. The Bertz CT molecular complexity index is 1260. The minimum absolute atomic E-state index is 0.0310. The van der Waals surface area contributed by atoms with Crippen LogP contribution in [0.1, 0.15) is 48.6 Å². The number of hydrogen-bond donors (Lipinski definition) is 1. The third-order valence-electron chi connectivity index (χ3n) is 6.48. The van der Waals surface area contributed by atoms with Crippen LogP contribution in [0.4, 0.5) is 18.9 Å². The monoisotopic (exact) mass is 532 g/mol. The van der Waals surface area contributed by atoms with Crippen molar-refractivity contribution in [1.29, 1.82) is 0 Å². The molecule has 1 fully saturated rings. The summed E-state index contributed by atoms with van der Waals surface area (Å²) < 4.78 is 54.5. The molecular weight excluding hydrogens is 505 g/mol. The number of ether oxygens (including phenoxy) is 2. The second-order valence-corrected chi connectivity index (χ2v) is 9.59. The topological polar surface area (TPSA) is 60.5 Å². The molecule has 1 aliphatic rings. The van der Waals surface area contributed by atoms with Gasteiger partial charge in [0.15, 0.2) is 17.2 Å². The average molecular weight is 533 g/mol. The number of alkyl halides is 2. The van der Waals surface area contributed by atoms with Crippen LogP contribution >= 0.6 is 11.6 Å². The zero-order valence-electron chi connectivity index (χ0n) is 20.6. The van der Waals surface area contributed by atoms with Crippen LogP contribution in [0.25, 0.3) is 0 Å². The number of nitrogens with one attached hydrogen (secondary N) is 1. The maximum atomic E-state index is 15.1. The number of rotatable bonds is 8. The molecule has 0 radical (unpaired) electrons. The molecule has 196 valence electrons. The van der Waals surface area contributed by atoms with Crippen LogP contribution in [-0.2, 0) is 27.5 Å². The molecule has 1 aromatic heterocycles. The summed E-state index contributed by atoms with van der Waals surface area (Å²) in [5.41, 5.74) is 1.37. The van der Waals surface area contributed by atoms with E-state index in [-0.39, 0.29) is 29.8 Å². The second kappa shape index (κ2) is 11.1. The second-order valence-electron chi connectivity index (χ2n) is 9.15. The molecule has 0 bridgehead atoms. The van der Waals surface area contributed by atoms with Gasteiger partial charge in [-0.1, -0.05) is 42.8 Å². The van der Waals surface area contributed by atoms with E-state index < -0.39 is 23.2 Å². The highest BCUT2D eigenvalue weighted by molar-refractivity contribution is 6.30. The number of carbonyl (C=O) groups is 1. The minimum atomic E-state index is -2.91. The van der Waals surface area contributed by atoms with E-state index in [1.54, 1.807) is 18.3 Å². The average Bonchev–Trinajstić information content (AvgIpc) is 2.86. The van der Waals surface area contributed by atoms with Crippen LogP contribution in [0.3, 0.4) is 0 Å². The zero-order chi connectivity index (χ0) is 26.6. The lowest BCUT2D eigenvalue weighted by Gasteiger charge is -2.38. The number of pyridine rings is 1. The van der Waals surface area contributed by atoms with Crippen molar-refractivity contribution in [1.82, 2.24) is 4.98 Å². The molecule has 9 heteroatoms. The van der Waals surface area contributed by atoms with Crippen molar-refractivity contribution in [2.45, 2.75) is 51.1 Å². The third kappa shape index (κ3) is 6.25. The summed E-state index contributed by atoms with van der Waals surface area (Å²) in [6, 6.07) is 11.6. The quantitative estimate of drug-likeness (QED) is 0.341. The molecule has 0 saturated carbocycles. The Labute approximate surface area is 219 Å². The van der Waals surface area contributed by atoms with Crippen molar-refractivity contribution >= 4 is 23.2 Å². The van der Waals surface area contributed by atoms with E-state index >= 15 is 4.39 Å². The maximum Gasteiger partial charge on any atom is 0.273 e. The lowest BCUT2D eigenvalue weighted by Crippen LogP contribution is -2.41. The van der Waals surface area contributed by atoms with Crippen molar-refractivity contribution in [3.8, 4) is 5.75 Å². The highest BCUT2D eigenvalue weighted by atomic mass is 35.5. The highest BCUT2D eigenvalue weighted by Crippen LogP contribution is 2.39. The van der Waals surface area contributed by atoms with E-state index in [9.17, 15) is 13.6 Å². The highest BCUT2D eigenvalue weighted by Gasteiger charge is 2.40. The molecule has 5 nitrogen and oxygen atoms in total. The molecule has 1 amide bonds. The standard InChI is InChI=1S/C28H28ClF3N2O3/c1-3-28(31,32)20-6-4-19(5-7-20)15-25(35)34-22-8-9-24(23(30)16-22)37-27(10-12-36-13-11-27)26-18(2)14-21(29)17-33-26/h4-9,14,16-17H,3,10-13,15H2,1-2H3,(H,34,35). The molecule has 2 aromatic carbocycles. The van der Waals surface area contributed by atoms with Gasteiger partial charge in [-0.2, -0.15) is 0 Å². The van der Waals surface area contributed by atoms with E-state index in [0.717, 1.165) is 5.56 Å². The number of carbonyl (C=O) groups excluding carboxylic acids is 1. The number of anilines is 1. The van der Waals surface area contributed by atoms with Gasteiger partial charge in [0.1, 0.15) is 0 Å². The van der Waals surface area contributed by atoms with Crippen LogP contribution < -0.4 is 10.1 Å². The number of hydrogen-bond acceptors (Lipinski definition) is 4. The largest absolute Gasteiger partial charge is 0.478 e. The molecule has 37 heavy (non-hydrogen) atoms. The zero-order valence-corrected chi connectivity index (χ0v) is 21.4. The Balaban J connectivity index is 1.46. The van der Waals surface area contributed by atoms with Crippen molar-refractivity contribution in [2.75, 3.05) is 18.5 Å². The van der Waals surface area contributed by atoms with Crippen LogP contribution in [0.15, 0.2) is 54.7 Å². The van der Waals surface area contributed by atoms with Gasteiger partial charge < -0.3 is 14.8 Å². The smallest absolute Gasteiger partial charge is 0.273 e. The molecular formula is C28H28ClF3N2O3. The molecule has 0 atom stereocenters. The van der Waals surface area contributed by atoms with Gasteiger partial charge in [0, 0.05) is 42.8 Å². The Hall–Kier alpha value is -3.10. The molecule has 1 saturated heterocycles. The van der Waals surface area contributed by atoms with Crippen molar-refractivity contribution in [2.24, 2.45) is 0 Å². The van der Waals surface area contributed by atoms with Gasteiger partial charge in [0.2, 0.25) is 5.91 Å². The van der Waals surface area contributed by atoms with E-state index in [0.29, 0.717) is 42.3 Å². The number of aromatic nitrogens is 1. The minimum Gasteiger partial charge on any atom is -0.478 e. The van der Waals surface area contributed by atoms with Crippen molar-refractivity contribution in [3.05, 3.63) is 88.0 Å². The van der Waals surface area contributed by atoms with Crippen LogP contribution in [-0.4, -0.2) is 24.1 Å². The van der Waals surface area contributed by atoms with Gasteiger partial charge in [-0.05, 0) is 36.2 Å². The molecule has 2 heterocycles. The first kappa shape index (κ1) is 26.9. The Morgan fingerprint density at radius 1 is 1.16 bits per heavy atom. The van der Waals surface area contributed by atoms with Gasteiger partial charge in [0.25, 0.3) is 5.92 Å². The molecule has 1 aliphatic heterocycles. The fourth-order valence-electron chi connectivity index (χ4n) is 4.44. The number of halogens is 4.